The number of nitrogens with one attached hydrogen (secondary N) is 1. The molecule has 3 N–H and O–H groups in total. The van der Waals surface area contributed by atoms with E-state index in [1.54, 1.807) is 6.07 Å². The van der Waals surface area contributed by atoms with Crippen molar-refractivity contribution in [3.05, 3.63) is 28.8 Å². The van der Waals surface area contributed by atoms with Gasteiger partial charge in [0.05, 0.1) is 25.9 Å². The van der Waals surface area contributed by atoms with Crippen LogP contribution in [0.1, 0.15) is 21.5 Å². The van der Waals surface area contributed by atoms with Gasteiger partial charge in [0.15, 0.2) is 0 Å². The number of ether oxygens (including phenoxy) is 2. The van der Waals surface area contributed by atoms with Crippen LogP contribution in [-0.2, 0) is 9.47 Å². The quantitative estimate of drug-likeness (QED) is 0.800. The number of hydrogen-bond donors (Lipinski definition) is 2. The Morgan fingerprint density at radius 2 is 2.16 bits per heavy atom. The zero-order valence-electron chi connectivity index (χ0n) is 11.4. The number of carbonyl (C=O) groups is 1. The van der Waals surface area contributed by atoms with Crippen LogP contribution >= 0.6 is 0 Å². The second-order valence-corrected chi connectivity index (χ2v) is 4.80. The Morgan fingerprint density at radius 3 is 2.84 bits per heavy atom. The summed E-state index contributed by atoms with van der Waals surface area (Å²) in [6.45, 7) is 6.01. The fraction of sp³-hybridized carbons (Fsp3) is 0.500. The maximum absolute atomic E-state index is 12.1. The summed E-state index contributed by atoms with van der Waals surface area (Å²) >= 11 is 0. The second kappa shape index (κ2) is 6.04. The van der Waals surface area contributed by atoms with Gasteiger partial charge in [-0.2, -0.15) is 0 Å². The van der Waals surface area contributed by atoms with Crippen LogP contribution < -0.4 is 11.1 Å². The molecule has 2 rings (SSSR count). The molecule has 1 aromatic rings. The lowest BCUT2D eigenvalue weighted by Gasteiger charge is -2.23. The fourth-order valence-electron chi connectivity index (χ4n) is 2.07. The number of anilines is 1. The Labute approximate surface area is 113 Å². The minimum absolute atomic E-state index is 0.0687. The zero-order valence-corrected chi connectivity index (χ0v) is 11.4. The first-order valence-corrected chi connectivity index (χ1v) is 6.42. The van der Waals surface area contributed by atoms with Crippen LogP contribution in [0.3, 0.4) is 0 Å². The van der Waals surface area contributed by atoms with Gasteiger partial charge in [-0.05, 0) is 31.0 Å². The number of amides is 1. The zero-order chi connectivity index (χ0) is 13.8. The molecule has 5 nitrogen and oxygen atoms in total. The van der Waals surface area contributed by atoms with Gasteiger partial charge in [0, 0.05) is 17.8 Å². The van der Waals surface area contributed by atoms with Crippen molar-refractivity contribution < 1.29 is 14.3 Å². The van der Waals surface area contributed by atoms with Crippen LogP contribution in [0.4, 0.5) is 5.69 Å². The van der Waals surface area contributed by atoms with E-state index in [1.165, 1.54) is 0 Å². The van der Waals surface area contributed by atoms with Crippen molar-refractivity contribution >= 4 is 11.6 Å². The maximum atomic E-state index is 12.1. The van der Waals surface area contributed by atoms with Gasteiger partial charge < -0.3 is 20.5 Å². The Morgan fingerprint density at radius 1 is 1.37 bits per heavy atom. The van der Waals surface area contributed by atoms with E-state index in [0.29, 0.717) is 37.6 Å². The lowest BCUT2D eigenvalue weighted by Crippen LogP contribution is -2.39. The number of hydrogen-bond acceptors (Lipinski definition) is 4. The molecule has 1 aliphatic rings. The van der Waals surface area contributed by atoms with Crippen molar-refractivity contribution in [3.63, 3.8) is 0 Å². The van der Waals surface area contributed by atoms with Crippen molar-refractivity contribution in [1.29, 1.82) is 0 Å². The minimum atomic E-state index is -0.127. The van der Waals surface area contributed by atoms with Gasteiger partial charge in [-0.25, -0.2) is 0 Å². The molecule has 1 aliphatic heterocycles. The van der Waals surface area contributed by atoms with Crippen LogP contribution in [0.5, 0.6) is 0 Å². The number of carbonyl (C=O) groups excluding carboxylic acids is 1. The summed E-state index contributed by atoms with van der Waals surface area (Å²) in [6, 6.07) is 3.64. The smallest absolute Gasteiger partial charge is 0.251 e. The van der Waals surface area contributed by atoms with E-state index in [2.05, 4.69) is 5.32 Å². The summed E-state index contributed by atoms with van der Waals surface area (Å²) in [5.74, 6) is -0.127. The largest absolute Gasteiger partial charge is 0.398 e. The third kappa shape index (κ3) is 3.45. The minimum Gasteiger partial charge on any atom is -0.398 e. The summed E-state index contributed by atoms with van der Waals surface area (Å²) < 4.78 is 10.8. The molecular formula is C14H20N2O3. The number of rotatable bonds is 3. The summed E-state index contributed by atoms with van der Waals surface area (Å²) in [5.41, 5.74) is 8.99. The summed E-state index contributed by atoms with van der Waals surface area (Å²) in [6.07, 6.45) is -0.0687. The average Bonchev–Trinajstić information content (AvgIpc) is 2.41. The van der Waals surface area contributed by atoms with Gasteiger partial charge in [-0.3, -0.25) is 4.79 Å². The lowest BCUT2D eigenvalue weighted by molar-refractivity contribution is -0.0855. The van der Waals surface area contributed by atoms with E-state index >= 15 is 0 Å². The molecule has 19 heavy (non-hydrogen) atoms. The predicted molar refractivity (Wildman–Crippen MR) is 73.2 cm³/mol. The molecule has 5 heteroatoms. The molecule has 1 saturated heterocycles. The Bertz CT molecular complexity index is 468. The highest BCUT2D eigenvalue weighted by atomic mass is 16.6. The Kier molecular flexibility index (Phi) is 4.39. The van der Waals surface area contributed by atoms with Gasteiger partial charge in [0.1, 0.15) is 0 Å². The normalized spacial score (nSPS) is 19.2. The van der Waals surface area contributed by atoms with Crippen molar-refractivity contribution in [2.45, 2.75) is 20.0 Å². The maximum Gasteiger partial charge on any atom is 0.251 e. The molecular weight excluding hydrogens is 244 g/mol. The highest BCUT2D eigenvalue weighted by Crippen LogP contribution is 2.17. The summed E-state index contributed by atoms with van der Waals surface area (Å²) in [4.78, 5) is 12.1. The number of nitrogen functional groups attached to an aromatic ring is 1. The standard InChI is InChI=1S/C14H20N2O3/c1-9-5-10(2)13(15)6-12(9)14(17)16-7-11-8-18-3-4-19-11/h5-6,11H,3-4,7-8,15H2,1-2H3,(H,16,17). The third-order valence-electron chi connectivity index (χ3n) is 3.23. The molecule has 0 radical (unpaired) electrons. The first kappa shape index (κ1) is 13.8. The molecule has 1 amide bonds. The molecule has 0 bridgehead atoms. The highest BCUT2D eigenvalue weighted by Gasteiger charge is 2.17. The van der Waals surface area contributed by atoms with E-state index < -0.39 is 0 Å². The van der Waals surface area contributed by atoms with Crippen LogP contribution in [-0.4, -0.2) is 38.4 Å². The van der Waals surface area contributed by atoms with Crippen molar-refractivity contribution in [2.75, 3.05) is 32.1 Å². The molecule has 0 spiro atoms. The van der Waals surface area contributed by atoms with Crippen LogP contribution in [0, 0.1) is 13.8 Å². The second-order valence-electron chi connectivity index (χ2n) is 4.80. The van der Waals surface area contributed by atoms with Crippen molar-refractivity contribution in [2.24, 2.45) is 0 Å². The van der Waals surface area contributed by atoms with Gasteiger partial charge in [-0.1, -0.05) is 6.07 Å². The van der Waals surface area contributed by atoms with Gasteiger partial charge in [0.25, 0.3) is 5.91 Å². The predicted octanol–water partition coefficient (Wildman–Crippen LogP) is 1.03. The molecule has 104 valence electrons. The van der Waals surface area contributed by atoms with E-state index in [-0.39, 0.29) is 12.0 Å². The molecule has 1 unspecified atom stereocenters. The number of aryl methyl sites for hydroxylation is 2. The first-order valence-electron chi connectivity index (χ1n) is 6.42. The van der Waals surface area contributed by atoms with Crippen LogP contribution in [0.25, 0.3) is 0 Å². The Hall–Kier alpha value is -1.59. The molecule has 1 fully saturated rings. The SMILES string of the molecule is Cc1cc(C)c(C(=O)NCC2COCCO2)cc1N. The van der Waals surface area contributed by atoms with Crippen molar-refractivity contribution in [3.8, 4) is 0 Å². The molecule has 0 saturated carbocycles. The lowest BCUT2D eigenvalue weighted by atomic mass is 10.0. The van der Waals surface area contributed by atoms with Crippen molar-refractivity contribution in [1.82, 2.24) is 5.32 Å². The van der Waals surface area contributed by atoms with E-state index in [9.17, 15) is 4.79 Å². The number of benzene rings is 1. The molecule has 0 aliphatic carbocycles. The molecule has 1 aromatic carbocycles. The number of nitrogens with two attached hydrogens (primary N) is 1. The van der Waals surface area contributed by atoms with Crippen LogP contribution in [0.15, 0.2) is 12.1 Å². The average molecular weight is 264 g/mol. The monoisotopic (exact) mass is 264 g/mol. The van der Waals surface area contributed by atoms with E-state index in [1.807, 2.05) is 19.9 Å². The summed E-state index contributed by atoms with van der Waals surface area (Å²) in [7, 11) is 0. The van der Waals surface area contributed by atoms with E-state index in [4.69, 9.17) is 15.2 Å². The summed E-state index contributed by atoms with van der Waals surface area (Å²) in [5, 5.41) is 2.86. The molecule has 0 aromatic heterocycles. The molecule has 1 heterocycles. The third-order valence-corrected chi connectivity index (χ3v) is 3.23. The highest BCUT2D eigenvalue weighted by molar-refractivity contribution is 5.96. The Balaban J connectivity index is 1.97. The molecule has 1 atom stereocenters. The van der Waals surface area contributed by atoms with Gasteiger partial charge in [-0.15, -0.1) is 0 Å². The fourth-order valence-corrected chi connectivity index (χ4v) is 2.07. The van der Waals surface area contributed by atoms with Gasteiger partial charge >= 0.3 is 0 Å². The van der Waals surface area contributed by atoms with Crippen LogP contribution in [0.2, 0.25) is 0 Å². The first-order chi connectivity index (χ1) is 9.08. The van der Waals surface area contributed by atoms with E-state index in [0.717, 1.165) is 11.1 Å². The van der Waals surface area contributed by atoms with Gasteiger partial charge in [0.2, 0.25) is 0 Å². The topological polar surface area (TPSA) is 73.6 Å².